The van der Waals surface area contributed by atoms with Gasteiger partial charge in [-0.05, 0) is 27.7 Å². The normalized spacial score (nSPS) is 11.2. The number of hydrogen-bond donors (Lipinski definition) is 0. The Morgan fingerprint density at radius 3 is 1.92 bits per heavy atom. The molecule has 0 rings (SSSR count). The van der Waals surface area contributed by atoms with Crippen molar-refractivity contribution in [3.63, 3.8) is 0 Å². The van der Waals surface area contributed by atoms with Crippen LogP contribution in [-0.4, -0.2) is 18.8 Å². The third-order valence-corrected chi connectivity index (χ3v) is 2.37. The quantitative estimate of drug-likeness (QED) is 0.491. The highest BCUT2D eigenvalue weighted by molar-refractivity contribution is 7.41. The molecule has 13 heavy (non-hydrogen) atoms. The SMILES string of the molecule is C#CCOP(OC(C)C)OC(C)C. The van der Waals surface area contributed by atoms with Crippen molar-refractivity contribution >= 4 is 8.60 Å². The lowest BCUT2D eigenvalue weighted by molar-refractivity contribution is 0.120. The molecule has 0 aliphatic carbocycles. The summed E-state index contributed by atoms with van der Waals surface area (Å²) in [4.78, 5) is 0. The number of hydrogen-bond acceptors (Lipinski definition) is 3. The lowest BCUT2D eigenvalue weighted by Gasteiger charge is -2.19. The van der Waals surface area contributed by atoms with Gasteiger partial charge in [-0.3, -0.25) is 4.52 Å². The fourth-order valence-corrected chi connectivity index (χ4v) is 1.56. The van der Waals surface area contributed by atoms with Gasteiger partial charge in [0.15, 0.2) is 0 Å². The fourth-order valence-electron chi connectivity index (χ4n) is 0.520. The fraction of sp³-hybridized carbons (Fsp3) is 0.778. The van der Waals surface area contributed by atoms with Crippen LogP contribution in [0.5, 0.6) is 0 Å². The summed E-state index contributed by atoms with van der Waals surface area (Å²) in [6.45, 7) is 7.94. The summed E-state index contributed by atoms with van der Waals surface area (Å²) in [6.07, 6.45) is 5.23. The van der Waals surface area contributed by atoms with Crippen LogP contribution >= 0.6 is 8.60 Å². The van der Waals surface area contributed by atoms with Crippen molar-refractivity contribution in [1.82, 2.24) is 0 Å². The van der Waals surface area contributed by atoms with Crippen LogP contribution in [0.15, 0.2) is 0 Å². The van der Waals surface area contributed by atoms with E-state index in [2.05, 4.69) is 5.92 Å². The minimum absolute atomic E-state index is 0.0858. The van der Waals surface area contributed by atoms with Crippen molar-refractivity contribution in [3.8, 4) is 12.3 Å². The van der Waals surface area contributed by atoms with Crippen molar-refractivity contribution < 1.29 is 13.6 Å². The maximum absolute atomic E-state index is 5.39. The van der Waals surface area contributed by atoms with Gasteiger partial charge in [0.1, 0.15) is 6.61 Å². The van der Waals surface area contributed by atoms with Crippen molar-refractivity contribution in [2.75, 3.05) is 6.61 Å². The van der Waals surface area contributed by atoms with Crippen molar-refractivity contribution in [2.24, 2.45) is 0 Å². The molecule has 0 fully saturated rings. The lowest BCUT2D eigenvalue weighted by atomic mass is 10.5. The second kappa shape index (κ2) is 7.29. The highest BCUT2D eigenvalue weighted by Crippen LogP contribution is 2.41. The van der Waals surface area contributed by atoms with Crippen LogP contribution in [0.25, 0.3) is 0 Å². The van der Waals surface area contributed by atoms with E-state index in [1.54, 1.807) is 0 Å². The molecule has 4 heteroatoms. The number of terminal acetylenes is 1. The Balaban J connectivity index is 3.81. The average Bonchev–Trinajstić information content (AvgIpc) is 1.98. The van der Waals surface area contributed by atoms with Crippen LogP contribution in [0.2, 0.25) is 0 Å². The highest BCUT2D eigenvalue weighted by atomic mass is 31.2. The first kappa shape index (κ1) is 12.9. The maximum atomic E-state index is 5.39. The molecule has 0 bridgehead atoms. The molecule has 0 unspecified atom stereocenters. The maximum Gasteiger partial charge on any atom is 0.334 e. The molecular weight excluding hydrogens is 187 g/mol. The first-order valence-corrected chi connectivity index (χ1v) is 5.35. The molecule has 0 aromatic carbocycles. The molecule has 0 heterocycles. The Kier molecular flexibility index (Phi) is 7.22. The van der Waals surface area contributed by atoms with E-state index in [0.717, 1.165) is 0 Å². The van der Waals surface area contributed by atoms with Gasteiger partial charge in [0.2, 0.25) is 0 Å². The van der Waals surface area contributed by atoms with Crippen LogP contribution in [0.1, 0.15) is 27.7 Å². The van der Waals surface area contributed by atoms with Gasteiger partial charge in [-0.1, -0.05) is 5.92 Å². The molecular formula is C9H17O3P. The molecule has 0 aliphatic rings. The van der Waals surface area contributed by atoms with Crippen LogP contribution < -0.4 is 0 Å². The first-order chi connectivity index (χ1) is 6.06. The van der Waals surface area contributed by atoms with Gasteiger partial charge in [0.05, 0.1) is 12.2 Å². The van der Waals surface area contributed by atoms with E-state index in [9.17, 15) is 0 Å². The molecule has 0 N–H and O–H groups in total. The van der Waals surface area contributed by atoms with Gasteiger partial charge in [-0.15, -0.1) is 6.42 Å². The van der Waals surface area contributed by atoms with Crippen LogP contribution in [0.4, 0.5) is 0 Å². The second-order valence-electron chi connectivity index (χ2n) is 3.01. The molecule has 3 nitrogen and oxygen atoms in total. The van der Waals surface area contributed by atoms with Crippen LogP contribution in [0.3, 0.4) is 0 Å². The van der Waals surface area contributed by atoms with E-state index < -0.39 is 8.60 Å². The minimum atomic E-state index is -1.29. The van der Waals surface area contributed by atoms with E-state index in [4.69, 9.17) is 20.0 Å². The predicted molar refractivity (Wildman–Crippen MR) is 54.1 cm³/mol. The average molecular weight is 204 g/mol. The van der Waals surface area contributed by atoms with Gasteiger partial charge < -0.3 is 9.05 Å². The molecule has 0 aliphatic heterocycles. The van der Waals surface area contributed by atoms with E-state index in [1.807, 2.05) is 27.7 Å². The smallest absolute Gasteiger partial charge is 0.309 e. The number of rotatable bonds is 6. The van der Waals surface area contributed by atoms with Gasteiger partial charge in [-0.25, -0.2) is 0 Å². The molecule has 0 saturated carbocycles. The summed E-state index contributed by atoms with van der Waals surface area (Å²) in [7, 11) is -1.29. The van der Waals surface area contributed by atoms with Gasteiger partial charge in [0.25, 0.3) is 0 Å². The van der Waals surface area contributed by atoms with E-state index in [0.29, 0.717) is 0 Å². The summed E-state index contributed by atoms with van der Waals surface area (Å²) in [5.41, 5.74) is 0. The molecule has 0 aromatic rings. The molecule has 0 atom stereocenters. The molecule has 0 amide bonds. The Hall–Kier alpha value is -0.130. The summed E-state index contributed by atoms with van der Waals surface area (Å²) >= 11 is 0. The Morgan fingerprint density at radius 2 is 1.62 bits per heavy atom. The standard InChI is InChI=1S/C9H17O3P/c1-6-7-10-13(11-8(2)3)12-9(4)5/h1,8-9H,7H2,2-5H3. The van der Waals surface area contributed by atoms with Gasteiger partial charge in [0, 0.05) is 0 Å². The largest absolute Gasteiger partial charge is 0.334 e. The zero-order chi connectivity index (χ0) is 10.3. The van der Waals surface area contributed by atoms with Gasteiger partial charge in [-0.2, -0.15) is 0 Å². The topological polar surface area (TPSA) is 27.7 Å². The monoisotopic (exact) mass is 204 g/mol. The Bertz CT molecular complexity index is 153. The predicted octanol–water partition coefficient (Wildman–Crippen LogP) is 2.71. The Labute approximate surface area is 81.8 Å². The van der Waals surface area contributed by atoms with E-state index >= 15 is 0 Å². The molecule has 0 spiro atoms. The summed E-state index contributed by atoms with van der Waals surface area (Å²) < 4.78 is 16.0. The van der Waals surface area contributed by atoms with Crippen LogP contribution in [0, 0.1) is 12.3 Å². The third kappa shape index (κ3) is 8.21. The molecule has 76 valence electrons. The summed E-state index contributed by atoms with van der Waals surface area (Å²) in [5, 5.41) is 0. The summed E-state index contributed by atoms with van der Waals surface area (Å²) in [5.74, 6) is 2.38. The van der Waals surface area contributed by atoms with E-state index in [1.165, 1.54) is 0 Å². The zero-order valence-electron chi connectivity index (χ0n) is 8.61. The third-order valence-electron chi connectivity index (χ3n) is 0.847. The van der Waals surface area contributed by atoms with E-state index in [-0.39, 0.29) is 18.8 Å². The lowest BCUT2D eigenvalue weighted by Crippen LogP contribution is -2.06. The van der Waals surface area contributed by atoms with Crippen molar-refractivity contribution in [2.45, 2.75) is 39.9 Å². The first-order valence-electron chi connectivity index (χ1n) is 4.26. The molecule has 0 saturated heterocycles. The van der Waals surface area contributed by atoms with Gasteiger partial charge >= 0.3 is 8.60 Å². The zero-order valence-corrected chi connectivity index (χ0v) is 9.51. The minimum Gasteiger partial charge on any atom is -0.309 e. The summed E-state index contributed by atoms with van der Waals surface area (Å²) in [6, 6.07) is 0. The molecule has 0 aromatic heterocycles. The Morgan fingerprint density at radius 1 is 1.15 bits per heavy atom. The van der Waals surface area contributed by atoms with Crippen LogP contribution in [-0.2, 0) is 13.6 Å². The second-order valence-corrected chi connectivity index (χ2v) is 4.14. The molecule has 0 radical (unpaired) electrons. The van der Waals surface area contributed by atoms with Crippen molar-refractivity contribution in [1.29, 1.82) is 0 Å². The van der Waals surface area contributed by atoms with Crippen molar-refractivity contribution in [3.05, 3.63) is 0 Å². The highest BCUT2D eigenvalue weighted by Gasteiger charge is 2.15.